The first-order valence-corrected chi connectivity index (χ1v) is 7.52. The van der Waals surface area contributed by atoms with Gasteiger partial charge in [0.25, 0.3) is 5.91 Å². The molecule has 0 radical (unpaired) electrons. The van der Waals surface area contributed by atoms with Crippen LogP contribution in [0.1, 0.15) is 24.1 Å². The Balaban J connectivity index is 1.63. The van der Waals surface area contributed by atoms with Gasteiger partial charge in [0, 0.05) is 16.8 Å². The molecule has 0 bridgehead atoms. The van der Waals surface area contributed by atoms with Gasteiger partial charge in [-0.3, -0.25) is 4.79 Å². The summed E-state index contributed by atoms with van der Waals surface area (Å²) in [5.41, 5.74) is 2.01. The Labute approximate surface area is 133 Å². The Morgan fingerprint density at radius 3 is 3.09 bits per heavy atom. The average molecular weight is 321 g/mol. The molecule has 0 saturated heterocycles. The fraction of sp³-hybridized carbons (Fsp3) is 0.375. The third-order valence-corrected chi connectivity index (χ3v) is 3.88. The summed E-state index contributed by atoms with van der Waals surface area (Å²) in [6.45, 7) is 4.02. The molecule has 1 atom stereocenters. The van der Waals surface area contributed by atoms with Crippen molar-refractivity contribution < 1.29 is 13.9 Å². The van der Waals surface area contributed by atoms with Gasteiger partial charge in [0.15, 0.2) is 0 Å². The van der Waals surface area contributed by atoms with Crippen LogP contribution in [0, 0.1) is 6.92 Å². The van der Waals surface area contributed by atoms with Gasteiger partial charge in [-0.05, 0) is 44.0 Å². The predicted molar refractivity (Wildman–Crippen MR) is 83.0 cm³/mol. The zero-order valence-electron chi connectivity index (χ0n) is 12.5. The van der Waals surface area contributed by atoms with E-state index in [0.29, 0.717) is 10.9 Å². The number of rotatable bonds is 4. The molecule has 0 N–H and O–H groups in total. The minimum absolute atomic E-state index is 0.00612. The molecule has 5 nitrogen and oxygen atoms in total. The molecule has 1 aromatic carbocycles. The van der Waals surface area contributed by atoms with Crippen molar-refractivity contribution >= 4 is 23.2 Å². The molecule has 0 saturated carbocycles. The molecule has 2 aromatic rings. The second-order valence-electron chi connectivity index (χ2n) is 5.45. The van der Waals surface area contributed by atoms with E-state index in [4.69, 9.17) is 20.8 Å². The van der Waals surface area contributed by atoms with Gasteiger partial charge in [-0.25, -0.2) is 4.98 Å². The summed E-state index contributed by atoms with van der Waals surface area (Å²) in [7, 11) is 0. The maximum absolute atomic E-state index is 12.4. The van der Waals surface area contributed by atoms with Gasteiger partial charge in [0.2, 0.25) is 5.89 Å². The quantitative estimate of drug-likeness (QED) is 0.868. The summed E-state index contributed by atoms with van der Waals surface area (Å²) < 4.78 is 10.7. The van der Waals surface area contributed by atoms with E-state index in [1.165, 1.54) is 0 Å². The number of hydrogen-bond donors (Lipinski definition) is 0. The van der Waals surface area contributed by atoms with Crippen molar-refractivity contribution in [2.75, 3.05) is 11.5 Å². The zero-order valence-corrected chi connectivity index (χ0v) is 13.3. The van der Waals surface area contributed by atoms with Crippen molar-refractivity contribution in [1.29, 1.82) is 0 Å². The SMILES string of the molecule is Cc1cnc(COCC(=O)N2c3ccc(Cl)cc3CC2C)o1. The van der Waals surface area contributed by atoms with Gasteiger partial charge < -0.3 is 14.1 Å². The highest BCUT2D eigenvalue weighted by Crippen LogP contribution is 2.34. The van der Waals surface area contributed by atoms with Crippen LogP contribution in [0.15, 0.2) is 28.8 Å². The maximum Gasteiger partial charge on any atom is 0.253 e. The normalized spacial score (nSPS) is 16.9. The molecule has 116 valence electrons. The number of hydrogen-bond acceptors (Lipinski definition) is 4. The molecule has 1 aliphatic heterocycles. The molecular weight excluding hydrogens is 304 g/mol. The first-order valence-electron chi connectivity index (χ1n) is 7.14. The summed E-state index contributed by atoms with van der Waals surface area (Å²) >= 11 is 6.01. The van der Waals surface area contributed by atoms with Crippen LogP contribution in [0.3, 0.4) is 0 Å². The van der Waals surface area contributed by atoms with E-state index in [1.807, 2.05) is 26.0 Å². The molecule has 22 heavy (non-hydrogen) atoms. The number of oxazole rings is 1. The second kappa shape index (κ2) is 6.10. The number of halogens is 1. The van der Waals surface area contributed by atoms with Crippen molar-refractivity contribution in [3.63, 3.8) is 0 Å². The minimum atomic E-state index is -0.0724. The lowest BCUT2D eigenvalue weighted by molar-refractivity contribution is -0.124. The monoisotopic (exact) mass is 320 g/mol. The molecule has 1 aromatic heterocycles. The molecular formula is C16H17ClN2O3. The van der Waals surface area contributed by atoms with Gasteiger partial charge >= 0.3 is 0 Å². The number of anilines is 1. The maximum atomic E-state index is 12.4. The minimum Gasteiger partial charge on any atom is -0.443 e. The topological polar surface area (TPSA) is 55.6 Å². The number of amides is 1. The largest absolute Gasteiger partial charge is 0.443 e. The molecule has 2 heterocycles. The number of carbonyl (C=O) groups is 1. The van der Waals surface area contributed by atoms with Crippen LogP contribution in [0.2, 0.25) is 5.02 Å². The molecule has 1 aliphatic rings. The fourth-order valence-electron chi connectivity index (χ4n) is 2.74. The van der Waals surface area contributed by atoms with Crippen molar-refractivity contribution in [2.24, 2.45) is 0 Å². The lowest BCUT2D eigenvalue weighted by Gasteiger charge is -2.22. The Morgan fingerprint density at radius 1 is 1.55 bits per heavy atom. The molecule has 0 spiro atoms. The van der Waals surface area contributed by atoms with Gasteiger partial charge in [-0.1, -0.05) is 11.6 Å². The highest BCUT2D eigenvalue weighted by atomic mass is 35.5. The lowest BCUT2D eigenvalue weighted by atomic mass is 10.1. The average Bonchev–Trinajstić information content (AvgIpc) is 3.00. The number of nitrogens with zero attached hydrogens (tertiary/aromatic N) is 2. The summed E-state index contributed by atoms with van der Waals surface area (Å²) in [4.78, 5) is 18.2. The Morgan fingerprint density at radius 2 is 2.36 bits per heavy atom. The number of benzene rings is 1. The predicted octanol–water partition coefficient (Wildman–Crippen LogP) is 3.13. The van der Waals surface area contributed by atoms with Gasteiger partial charge in [0.05, 0.1) is 6.20 Å². The molecule has 1 unspecified atom stereocenters. The molecule has 3 rings (SSSR count). The second-order valence-corrected chi connectivity index (χ2v) is 5.88. The first kappa shape index (κ1) is 15.1. The molecule has 0 aliphatic carbocycles. The number of carbonyl (C=O) groups excluding carboxylic acids is 1. The van der Waals surface area contributed by atoms with Crippen LogP contribution in [-0.4, -0.2) is 23.5 Å². The standard InChI is InChI=1S/C16H17ClN2O3/c1-10-5-12-6-13(17)3-4-14(12)19(10)16(20)9-21-8-15-18-7-11(2)22-15/h3-4,6-7,10H,5,8-9H2,1-2H3. The van der Waals surface area contributed by atoms with Crippen LogP contribution in [0.4, 0.5) is 5.69 Å². The fourth-order valence-corrected chi connectivity index (χ4v) is 2.94. The van der Waals surface area contributed by atoms with Crippen LogP contribution < -0.4 is 4.90 Å². The van der Waals surface area contributed by atoms with E-state index >= 15 is 0 Å². The Hall–Kier alpha value is -1.85. The third kappa shape index (κ3) is 3.00. The smallest absolute Gasteiger partial charge is 0.253 e. The van der Waals surface area contributed by atoms with Crippen molar-refractivity contribution in [2.45, 2.75) is 32.9 Å². The van der Waals surface area contributed by atoms with E-state index in [2.05, 4.69) is 4.98 Å². The van der Waals surface area contributed by atoms with E-state index in [-0.39, 0.29) is 25.2 Å². The summed E-state index contributed by atoms with van der Waals surface area (Å²) in [5.74, 6) is 1.13. The van der Waals surface area contributed by atoms with Gasteiger partial charge in [-0.2, -0.15) is 0 Å². The Bertz CT molecular complexity index is 698. The number of fused-ring (bicyclic) bond motifs is 1. The van der Waals surface area contributed by atoms with Crippen LogP contribution >= 0.6 is 11.6 Å². The van der Waals surface area contributed by atoms with E-state index < -0.39 is 0 Å². The number of aryl methyl sites for hydroxylation is 1. The number of ether oxygens (including phenoxy) is 1. The van der Waals surface area contributed by atoms with E-state index in [9.17, 15) is 4.79 Å². The number of aromatic nitrogens is 1. The molecule has 0 fully saturated rings. The first-order chi connectivity index (χ1) is 10.5. The highest BCUT2D eigenvalue weighted by Gasteiger charge is 2.30. The Kier molecular flexibility index (Phi) is 4.18. The van der Waals surface area contributed by atoms with Crippen LogP contribution in [0.5, 0.6) is 0 Å². The summed E-state index contributed by atoms with van der Waals surface area (Å²) in [5, 5.41) is 0.691. The highest BCUT2D eigenvalue weighted by molar-refractivity contribution is 6.30. The van der Waals surface area contributed by atoms with Crippen molar-refractivity contribution in [1.82, 2.24) is 4.98 Å². The van der Waals surface area contributed by atoms with Crippen molar-refractivity contribution in [3.05, 3.63) is 46.6 Å². The van der Waals surface area contributed by atoms with Gasteiger partial charge in [0.1, 0.15) is 19.0 Å². The summed E-state index contributed by atoms with van der Waals surface area (Å²) in [6, 6.07) is 5.71. The zero-order chi connectivity index (χ0) is 15.7. The lowest BCUT2D eigenvalue weighted by Crippen LogP contribution is -2.38. The van der Waals surface area contributed by atoms with E-state index in [1.54, 1.807) is 17.2 Å². The van der Waals surface area contributed by atoms with Crippen LogP contribution in [-0.2, 0) is 22.6 Å². The van der Waals surface area contributed by atoms with Crippen LogP contribution in [0.25, 0.3) is 0 Å². The third-order valence-electron chi connectivity index (χ3n) is 3.65. The van der Waals surface area contributed by atoms with E-state index in [0.717, 1.165) is 23.4 Å². The molecule has 1 amide bonds. The molecule has 6 heteroatoms. The van der Waals surface area contributed by atoms with Crippen molar-refractivity contribution in [3.8, 4) is 0 Å². The van der Waals surface area contributed by atoms with Gasteiger partial charge in [-0.15, -0.1) is 0 Å². The summed E-state index contributed by atoms with van der Waals surface area (Å²) in [6.07, 6.45) is 2.43.